The van der Waals surface area contributed by atoms with E-state index in [1.54, 1.807) is 18.4 Å². The third kappa shape index (κ3) is 1.80. The Bertz CT molecular complexity index is 356. The second kappa shape index (κ2) is 3.73. The van der Waals surface area contributed by atoms with Gasteiger partial charge in [0.2, 0.25) is 0 Å². The van der Waals surface area contributed by atoms with E-state index >= 15 is 0 Å². The van der Waals surface area contributed by atoms with E-state index in [9.17, 15) is 4.89 Å². The van der Waals surface area contributed by atoms with Gasteiger partial charge in [-0.2, -0.15) is 0 Å². The van der Waals surface area contributed by atoms with Crippen LogP contribution in [0.15, 0.2) is 53.1 Å². The second-order valence-electron chi connectivity index (χ2n) is 2.60. The topological polar surface area (TPSA) is 33.4 Å². The second-order valence-corrected chi connectivity index (χ2v) is 4.18. The van der Waals surface area contributed by atoms with E-state index in [-0.39, 0.29) is 0 Å². The minimum atomic E-state index is -1.30. The van der Waals surface area contributed by atoms with Gasteiger partial charge in [0.25, 0.3) is 0 Å². The molecule has 1 aromatic carbocycles. The number of benzene rings is 1. The van der Waals surface area contributed by atoms with E-state index in [4.69, 9.17) is 4.42 Å². The van der Waals surface area contributed by atoms with Gasteiger partial charge in [-0.1, -0.05) is 30.3 Å². The smallest absolute Gasteiger partial charge is 0.157 e. The van der Waals surface area contributed by atoms with Crippen molar-refractivity contribution in [3.05, 3.63) is 48.7 Å². The zero-order valence-corrected chi connectivity index (χ0v) is 7.82. The predicted octanol–water partition coefficient (Wildman–Crippen LogP) is 1.62. The Morgan fingerprint density at radius 1 is 1.00 bits per heavy atom. The lowest BCUT2D eigenvalue weighted by molar-refractivity contribution is 0.580. The normalized spacial score (nSPS) is 12.7. The molecule has 0 radical (unpaired) electrons. The minimum Gasteiger partial charge on any atom is -0.462 e. The van der Waals surface area contributed by atoms with Gasteiger partial charge >= 0.3 is 0 Å². The highest BCUT2D eigenvalue weighted by atomic mass is 31.1. The van der Waals surface area contributed by atoms with Crippen molar-refractivity contribution in [3.8, 4) is 0 Å². The first kappa shape index (κ1) is 8.49. The Hall–Kier alpha value is -1.11. The average Bonchev–Trinajstić information content (AvgIpc) is 2.71. The standard InChI is InChI=1S/C10H9O2P/c11-13(10-7-4-8-12-10)9-5-2-1-3-6-9/h1-8,11H. The fraction of sp³-hybridized carbons (Fsp3) is 0. The molecule has 2 nitrogen and oxygen atoms in total. The Labute approximate surface area is 77.7 Å². The maximum atomic E-state index is 9.85. The summed E-state index contributed by atoms with van der Waals surface area (Å²) in [6.07, 6.45) is 1.57. The lowest BCUT2D eigenvalue weighted by atomic mass is 10.4. The zero-order chi connectivity index (χ0) is 9.10. The quantitative estimate of drug-likeness (QED) is 0.733. The third-order valence-electron chi connectivity index (χ3n) is 1.72. The first-order chi connectivity index (χ1) is 6.38. The molecular weight excluding hydrogens is 183 g/mol. The molecular formula is C10H9O2P. The van der Waals surface area contributed by atoms with Gasteiger partial charge in [0.05, 0.1) is 6.26 Å². The number of hydrogen-bond acceptors (Lipinski definition) is 2. The molecule has 0 saturated carbocycles. The molecule has 1 aromatic heterocycles. The molecule has 3 heteroatoms. The first-order valence-corrected chi connectivity index (χ1v) is 5.25. The van der Waals surface area contributed by atoms with Crippen molar-refractivity contribution < 1.29 is 9.31 Å². The minimum absolute atomic E-state index is 0.640. The summed E-state index contributed by atoms with van der Waals surface area (Å²) in [5.41, 5.74) is 0.640. The summed E-state index contributed by atoms with van der Waals surface area (Å²) in [5.74, 6) is 0. The fourth-order valence-electron chi connectivity index (χ4n) is 1.09. The molecule has 0 aliphatic heterocycles. The molecule has 2 aromatic rings. The summed E-state index contributed by atoms with van der Waals surface area (Å²) in [7, 11) is -1.30. The van der Waals surface area contributed by atoms with Crippen LogP contribution in [-0.2, 0) is 0 Å². The molecule has 0 aliphatic carbocycles. The Morgan fingerprint density at radius 3 is 2.38 bits per heavy atom. The third-order valence-corrected chi connectivity index (χ3v) is 3.17. The number of furan rings is 1. The van der Waals surface area contributed by atoms with Crippen molar-refractivity contribution >= 4 is 19.0 Å². The largest absolute Gasteiger partial charge is 0.462 e. The van der Waals surface area contributed by atoms with Crippen LogP contribution in [0.2, 0.25) is 0 Å². The number of hydrogen-bond donors (Lipinski definition) is 1. The molecule has 0 bridgehead atoms. The Balaban J connectivity index is 2.29. The lowest BCUT2D eigenvalue weighted by Gasteiger charge is -2.05. The summed E-state index contributed by atoms with van der Waals surface area (Å²) >= 11 is 0. The summed E-state index contributed by atoms with van der Waals surface area (Å²) in [5, 5.41) is 0.910. The van der Waals surface area contributed by atoms with Gasteiger partial charge in [-0.05, 0) is 12.1 Å². The van der Waals surface area contributed by atoms with Crippen molar-refractivity contribution in [2.75, 3.05) is 0 Å². The molecule has 66 valence electrons. The molecule has 0 amide bonds. The van der Waals surface area contributed by atoms with Crippen molar-refractivity contribution in [2.45, 2.75) is 0 Å². The van der Waals surface area contributed by atoms with Gasteiger partial charge in [0.15, 0.2) is 5.50 Å². The fourth-order valence-corrected chi connectivity index (χ4v) is 2.18. The van der Waals surface area contributed by atoms with E-state index in [2.05, 4.69) is 0 Å². The van der Waals surface area contributed by atoms with Crippen LogP contribution in [0.3, 0.4) is 0 Å². The van der Waals surface area contributed by atoms with E-state index in [1.165, 1.54) is 0 Å². The average molecular weight is 192 g/mol. The molecule has 2 rings (SSSR count). The van der Waals surface area contributed by atoms with Gasteiger partial charge in [0, 0.05) is 5.30 Å². The van der Waals surface area contributed by atoms with Crippen molar-refractivity contribution in [1.82, 2.24) is 0 Å². The highest BCUT2D eigenvalue weighted by molar-refractivity contribution is 7.67. The van der Waals surface area contributed by atoms with Crippen molar-refractivity contribution in [3.63, 3.8) is 0 Å². The maximum absolute atomic E-state index is 9.85. The zero-order valence-electron chi connectivity index (χ0n) is 6.92. The first-order valence-electron chi connectivity index (χ1n) is 3.95. The van der Waals surface area contributed by atoms with Crippen molar-refractivity contribution in [2.24, 2.45) is 0 Å². The molecule has 0 saturated heterocycles. The van der Waals surface area contributed by atoms with Crippen LogP contribution in [0.5, 0.6) is 0 Å². The highest BCUT2D eigenvalue weighted by Gasteiger charge is 2.12. The monoisotopic (exact) mass is 192 g/mol. The van der Waals surface area contributed by atoms with Crippen LogP contribution >= 0.6 is 8.15 Å². The molecule has 1 unspecified atom stereocenters. The molecule has 0 fully saturated rings. The van der Waals surface area contributed by atoms with E-state index in [1.807, 2.05) is 30.3 Å². The summed E-state index contributed by atoms with van der Waals surface area (Å²) in [6, 6.07) is 13.1. The molecule has 0 spiro atoms. The summed E-state index contributed by atoms with van der Waals surface area (Å²) in [6.45, 7) is 0. The van der Waals surface area contributed by atoms with Crippen LogP contribution in [-0.4, -0.2) is 4.89 Å². The van der Waals surface area contributed by atoms with Gasteiger partial charge in [-0.3, -0.25) is 0 Å². The maximum Gasteiger partial charge on any atom is 0.157 e. The molecule has 1 heterocycles. The molecule has 1 N–H and O–H groups in total. The van der Waals surface area contributed by atoms with Gasteiger partial charge in [-0.15, -0.1) is 0 Å². The van der Waals surface area contributed by atoms with Crippen LogP contribution in [0.4, 0.5) is 0 Å². The van der Waals surface area contributed by atoms with Crippen molar-refractivity contribution in [1.29, 1.82) is 0 Å². The summed E-state index contributed by atoms with van der Waals surface area (Å²) < 4.78 is 5.13. The molecule has 0 aliphatic rings. The SMILES string of the molecule is OP(c1ccccc1)c1ccco1. The highest BCUT2D eigenvalue weighted by Crippen LogP contribution is 2.27. The van der Waals surface area contributed by atoms with E-state index in [0.29, 0.717) is 5.50 Å². The Kier molecular flexibility index (Phi) is 2.44. The van der Waals surface area contributed by atoms with Crippen LogP contribution in [0, 0.1) is 0 Å². The van der Waals surface area contributed by atoms with Crippen LogP contribution in [0.1, 0.15) is 0 Å². The van der Waals surface area contributed by atoms with Gasteiger partial charge in [-0.25, -0.2) is 0 Å². The lowest BCUT2D eigenvalue weighted by Crippen LogP contribution is -2.08. The molecule has 13 heavy (non-hydrogen) atoms. The summed E-state index contributed by atoms with van der Waals surface area (Å²) in [4.78, 5) is 9.85. The van der Waals surface area contributed by atoms with Crippen LogP contribution in [0.25, 0.3) is 0 Å². The molecule has 1 atom stereocenters. The predicted molar refractivity (Wildman–Crippen MR) is 53.6 cm³/mol. The van der Waals surface area contributed by atoms with E-state index < -0.39 is 8.15 Å². The van der Waals surface area contributed by atoms with Gasteiger partial charge in [0.1, 0.15) is 8.15 Å². The number of rotatable bonds is 2. The van der Waals surface area contributed by atoms with Crippen LogP contribution < -0.4 is 10.8 Å². The van der Waals surface area contributed by atoms with E-state index in [0.717, 1.165) is 5.30 Å². The van der Waals surface area contributed by atoms with Gasteiger partial charge < -0.3 is 9.31 Å². The Morgan fingerprint density at radius 2 is 1.77 bits per heavy atom.